The van der Waals surface area contributed by atoms with Crippen molar-refractivity contribution in [2.45, 2.75) is 13.5 Å². The van der Waals surface area contributed by atoms with Gasteiger partial charge in [-0.15, -0.1) is 0 Å². The van der Waals surface area contributed by atoms with Gasteiger partial charge in [-0.1, -0.05) is 13.0 Å². The smallest absolute Gasteiger partial charge is 0.312 e. The van der Waals surface area contributed by atoms with Crippen molar-refractivity contribution in [2.24, 2.45) is 0 Å². The zero-order valence-electron chi connectivity index (χ0n) is 11.4. The SMILES string of the molecule is CCNCc1cncc(Oc2c(Br)cccc2[N+](=O)[O-])c1. The van der Waals surface area contributed by atoms with Crippen molar-refractivity contribution in [2.75, 3.05) is 6.54 Å². The summed E-state index contributed by atoms with van der Waals surface area (Å²) in [5.74, 6) is 0.630. The third-order valence-corrected chi connectivity index (χ3v) is 3.34. The Balaban J connectivity index is 2.28. The minimum Gasteiger partial charge on any atom is -0.447 e. The number of nitro groups is 1. The predicted molar refractivity (Wildman–Crippen MR) is 82.5 cm³/mol. The summed E-state index contributed by atoms with van der Waals surface area (Å²) in [6.07, 6.45) is 3.25. The van der Waals surface area contributed by atoms with Gasteiger partial charge in [0, 0.05) is 18.8 Å². The third-order valence-electron chi connectivity index (χ3n) is 2.71. The van der Waals surface area contributed by atoms with Gasteiger partial charge in [0.1, 0.15) is 5.75 Å². The van der Waals surface area contributed by atoms with Gasteiger partial charge in [-0.25, -0.2) is 0 Å². The largest absolute Gasteiger partial charge is 0.447 e. The van der Waals surface area contributed by atoms with E-state index in [0.29, 0.717) is 16.8 Å². The molecule has 1 N–H and O–H groups in total. The lowest BCUT2D eigenvalue weighted by Gasteiger charge is -2.09. The highest BCUT2D eigenvalue weighted by atomic mass is 79.9. The molecular formula is C14H14BrN3O3. The zero-order valence-corrected chi connectivity index (χ0v) is 13.0. The molecule has 0 saturated heterocycles. The molecule has 1 aromatic heterocycles. The van der Waals surface area contributed by atoms with Crippen molar-refractivity contribution >= 4 is 21.6 Å². The minimum absolute atomic E-state index is 0.0959. The maximum Gasteiger partial charge on any atom is 0.312 e. The summed E-state index contributed by atoms with van der Waals surface area (Å²) in [7, 11) is 0. The Kier molecular flexibility index (Phi) is 5.24. The first-order chi connectivity index (χ1) is 10.1. The second-order valence-corrected chi connectivity index (χ2v) is 5.11. The van der Waals surface area contributed by atoms with E-state index in [1.807, 2.05) is 6.92 Å². The number of para-hydroxylation sites is 1. The van der Waals surface area contributed by atoms with Crippen LogP contribution >= 0.6 is 15.9 Å². The number of rotatable bonds is 6. The molecular weight excluding hydrogens is 338 g/mol. The van der Waals surface area contributed by atoms with E-state index in [0.717, 1.165) is 12.1 Å². The van der Waals surface area contributed by atoms with E-state index >= 15 is 0 Å². The standard InChI is InChI=1S/C14H14BrN3O3/c1-2-16-7-10-6-11(9-17-8-10)21-14-12(15)4-3-5-13(14)18(19)20/h3-6,8-9,16H,2,7H2,1H3. The summed E-state index contributed by atoms with van der Waals surface area (Å²) in [6, 6.07) is 6.49. The van der Waals surface area contributed by atoms with Crippen LogP contribution in [0.4, 0.5) is 5.69 Å². The van der Waals surface area contributed by atoms with Crippen LogP contribution in [0.2, 0.25) is 0 Å². The van der Waals surface area contributed by atoms with Gasteiger partial charge in [0.25, 0.3) is 0 Å². The molecule has 0 unspecified atom stereocenters. The highest BCUT2D eigenvalue weighted by Gasteiger charge is 2.18. The van der Waals surface area contributed by atoms with Crippen LogP contribution < -0.4 is 10.1 Å². The number of benzene rings is 1. The van der Waals surface area contributed by atoms with E-state index in [9.17, 15) is 10.1 Å². The van der Waals surface area contributed by atoms with Crippen LogP contribution in [0.15, 0.2) is 41.1 Å². The molecule has 0 aliphatic heterocycles. The lowest BCUT2D eigenvalue weighted by atomic mass is 10.2. The van der Waals surface area contributed by atoms with Crippen LogP contribution in [-0.4, -0.2) is 16.5 Å². The van der Waals surface area contributed by atoms with Gasteiger partial charge in [0.05, 0.1) is 15.6 Å². The molecule has 0 aliphatic rings. The first kappa shape index (κ1) is 15.4. The van der Waals surface area contributed by atoms with E-state index < -0.39 is 4.92 Å². The molecule has 7 heteroatoms. The number of halogens is 1. The van der Waals surface area contributed by atoms with Gasteiger partial charge in [-0.05, 0) is 40.2 Å². The fraction of sp³-hybridized carbons (Fsp3) is 0.214. The first-order valence-corrected chi connectivity index (χ1v) is 7.16. The second kappa shape index (κ2) is 7.14. The highest BCUT2D eigenvalue weighted by Crippen LogP contribution is 2.37. The van der Waals surface area contributed by atoms with E-state index in [1.54, 1.807) is 24.4 Å². The van der Waals surface area contributed by atoms with Crippen molar-refractivity contribution in [3.63, 3.8) is 0 Å². The monoisotopic (exact) mass is 351 g/mol. The van der Waals surface area contributed by atoms with E-state index in [1.165, 1.54) is 12.3 Å². The molecule has 0 bridgehead atoms. The van der Waals surface area contributed by atoms with E-state index in [2.05, 4.69) is 26.2 Å². The van der Waals surface area contributed by atoms with Gasteiger partial charge >= 0.3 is 5.69 Å². The predicted octanol–water partition coefficient (Wildman–Crippen LogP) is 3.65. The van der Waals surface area contributed by atoms with Crippen LogP contribution in [0.25, 0.3) is 0 Å². The molecule has 0 atom stereocenters. The van der Waals surface area contributed by atoms with Crippen LogP contribution in [0.3, 0.4) is 0 Å². The quantitative estimate of drug-likeness (QED) is 0.634. The normalized spacial score (nSPS) is 10.4. The van der Waals surface area contributed by atoms with E-state index in [-0.39, 0.29) is 11.4 Å². The summed E-state index contributed by atoms with van der Waals surface area (Å²) in [4.78, 5) is 14.7. The molecule has 0 fully saturated rings. The first-order valence-electron chi connectivity index (χ1n) is 6.37. The topological polar surface area (TPSA) is 77.3 Å². The van der Waals surface area contributed by atoms with Crippen molar-refractivity contribution in [1.29, 1.82) is 0 Å². The van der Waals surface area contributed by atoms with Crippen molar-refractivity contribution in [1.82, 2.24) is 10.3 Å². The maximum absolute atomic E-state index is 11.1. The Morgan fingerprint density at radius 1 is 1.43 bits per heavy atom. The van der Waals surface area contributed by atoms with Crippen LogP contribution in [0.5, 0.6) is 11.5 Å². The molecule has 21 heavy (non-hydrogen) atoms. The average molecular weight is 352 g/mol. The summed E-state index contributed by atoms with van der Waals surface area (Å²) in [6.45, 7) is 3.53. The number of aromatic nitrogens is 1. The Labute approximate surface area is 130 Å². The molecule has 0 aliphatic carbocycles. The fourth-order valence-corrected chi connectivity index (χ4v) is 2.18. The third kappa shape index (κ3) is 3.99. The molecule has 2 aromatic rings. The molecule has 0 amide bonds. The number of ether oxygens (including phenoxy) is 1. The Bertz CT molecular complexity index is 649. The van der Waals surface area contributed by atoms with Gasteiger partial charge in [0.2, 0.25) is 5.75 Å². The summed E-state index contributed by atoms with van der Waals surface area (Å²) in [5, 5.41) is 14.2. The van der Waals surface area contributed by atoms with Gasteiger partial charge < -0.3 is 10.1 Å². The number of nitrogens with zero attached hydrogens (tertiary/aromatic N) is 2. The Morgan fingerprint density at radius 3 is 2.95 bits per heavy atom. The molecule has 2 rings (SSSR count). The number of nitrogens with one attached hydrogen (secondary N) is 1. The second-order valence-electron chi connectivity index (χ2n) is 4.26. The number of hydrogen-bond acceptors (Lipinski definition) is 5. The fourth-order valence-electron chi connectivity index (χ4n) is 1.75. The van der Waals surface area contributed by atoms with Gasteiger partial charge in [-0.3, -0.25) is 15.1 Å². The molecule has 110 valence electrons. The van der Waals surface area contributed by atoms with Crippen molar-refractivity contribution < 1.29 is 9.66 Å². The zero-order chi connectivity index (χ0) is 15.2. The summed E-state index contributed by atoms with van der Waals surface area (Å²) < 4.78 is 6.17. The number of nitro benzene ring substituents is 1. The van der Waals surface area contributed by atoms with Crippen molar-refractivity contribution in [3.05, 3.63) is 56.8 Å². The Hall–Kier alpha value is -1.99. The summed E-state index contributed by atoms with van der Waals surface area (Å²) >= 11 is 3.27. The molecule has 0 radical (unpaired) electrons. The van der Waals surface area contributed by atoms with Crippen LogP contribution in [0.1, 0.15) is 12.5 Å². The Morgan fingerprint density at radius 2 is 2.24 bits per heavy atom. The lowest BCUT2D eigenvalue weighted by Crippen LogP contribution is -2.11. The number of pyridine rings is 1. The maximum atomic E-state index is 11.1. The van der Waals surface area contributed by atoms with Crippen LogP contribution in [0, 0.1) is 10.1 Å². The molecule has 1 heterocycles. The molecule has 0 saturated carbocycles. The lowest BCUT2D eigenvalue weighted by molar-refractivity contribution is -0.385. The minimum atomic E-state index is -0.476. The summed E-state index contributed by atoms with van der Waals surface area (Å²) in [5.41, 5.74) is 0.852. The van der Waals surface area contributed by atoms with Crippen LogP contribution in [-0.2, 0) is 6.54 Å². The molecule has 6 nitrogen and oxygen atoms in total. The number of hydrogen-bond donors (Lipinski definition) is 1. The van der Waals surface area contributed by atoms with Gasteiger partial charge in [-0.2, -0.15) is 0 Å². The van der Waals surface area contributed by atoms with Gasteiger partial charge in [0.15, 0.2) is 0 Å². The molecule has 0 spiro atoms. The highest BCUT2D eigenvalue weighted by molar-refractivity contribution is 9.10. The average Bonchev–Trinajstić information content (AvgIpc) is 2.47. The van der Waals surface area contributed by atoms with Crippen molar-refractivity contribution in [3.8, 4) is 11.5 Å². The van der Waals surface area contributed by atoms with E-state index in [4.69, 9.17) is 4.74 Å². The molecule has 1 aromatic carbocycles.